The number of halogens is 3. The summed E-state index contributed by atoms with van der Waals surface area (Å²) in [6.07, 6.45) is -1.23. The van der Waals surface area contributed by atoms with E-state index in [0.29, 0.717) is 11.6 Å². The summed E-state index contributed by atoms with van der Waals surface area (Å²) in [5, 5.41) is 5.76. The van der Waals surface area contributed by atoms with Crippen LogP contribution in [0.15, 0.2) is 48.8 Å². The number of nitrogens with zero attached hydrogens (tertiary/aromatic N) is 3. The van der Waals surface area contributed by atoms with E-state index in [4.69, 9.17) is 0 Å². The minimum Gasteiger partial charge on any atom is -0.358 e. The van der Waals surface area contributed by atoms with Crippen molar-refractivity contribution in [2.24, 2.45) is 5.92 Å². The van der Waals surface area contributed by atoms with Gasteiger partial charge in [0.15, 0.2) is 5.82 Å². The molecule has 0 bridgehead atoms. The molecule has 0 spiro atoms. The Balaban J connectivity index is 0.00000240. The molecular formula is C20H24F3N5O. The molecule has 2 aromatic heterocycles. The first-order valence-corrected chi connectivity index (χ1v) is 9.02. The van der Waals surface area contributed by atoms with Crippen LogP contribution in [0.3, 0.4) is 0 Å². The average molecular weight is 407 g/mol. The molecule has 1 amide bonds. The van der Waals surface area contributed by atoms with Crippen LogP contribution in [0.2, 0.25) is 0 Å². The zero-order chi connectivity index (χ0) is 21.0. The highest BCUT2D eigenvalue weighted by Gasteiger charge is 2.30. The molecule has 0 radical (unpaired) electrons. The molecule has 156 valence electrons. The van der Waals surface area contributed by atoms with Crippen molar-refractivity contribution in [2.45, 2.75) is 26.1 Å². The first-order chi connectivity index (χ1) is 13.7. The molecule has 0 unspecified atom stereocenters. The van der Waals surface area contributed by atoms with E-state index < -0.39 is 24.7 Å². The summed E-state index contributed by atoms with van der Waals surface area (Å²) in [5.74, 6) is -0.219. The van der Waals surface area contributed by atoms with Gasteiger partial charge in [0.2, 0.25) is 5.91 Å². The first kappa shape index (κ1) is 20.5. The van der Waals surface area contributed by atoms with Crippen LogP contribution in [0.25, 0.3) is 22.3 Å². The van der Waals surface area contributed by atoms with Gasteiger partial charge < -0.3 is 10.6 Å². The highest BCUT2D eigenvalue weighted by Crippen LogP contribution is 2.22. The zero-order valence-corrected chi connectivity index (χ0v) is 15.9. The molecule has 6 nitrogen and oxygen atoms in total. The van der Waals surface area contributed by atoms with Gasteiger partial charge in [0.1, 0.15) is 18.4 Å². The predicted molar refractivity (Wildman–Crippen MR) is 108 cm³/mol. The van der Waals surface area contributed by atoms with E-state index in [1.54, 1.807) is 26.1 Å². The summed E-state index contributed by atoms with van der Waals surface area (Å²) in [5.41, 5.74) is 1.60. The summed E-state index contributed by atoms with van der Waals surface area (Å²) in [6, 6.07) is 10.0. The molecule has 9 heteroatoms. The van der Waals surface area contributed by atoms with E-state index in [2.05, 4.69) is 20.3 Å². The van der Waals surface area contributed by atoms with Gasteiger partial charge in [-0.25, -0.2) is 9.97 Å². The van der Waals surface area contributed by atoms with Gasteiger partial charge in [-0.15, -0.1) is 0 Å². The molecule has 1 aromatic carbocycles. The fraction of sp³-hybridized carbons (Fsp3) is 0.300. The molecule has 0 saturated heterocycles. The monoisotopic (exact) mass is 407 g/mol. The average Bonchev–Trinajstić information content (AvgIpc) is 2.69. The fourth-order valence-electron chi connectivity index (χ4n) is 2.78. The Kier molecular flexibility index (Phi) is 5.95. The molecule has 0 aliphatic carbocycles. The van der Waals surface area contributed by atoms with Crippen molar-refractivity contribution in [1.82, 2.24) is 20.3 Å². The molecule has 0 aliphatic rings. The van der Waals surface area contributed by atoms with E-state index in [0.717, 1.165) is 16.5 Å². The Morgan fingerprint density at radius 1 is 1.14 bits per heavy atom. The largest absolute Gasteiger partial charge is 0.405 e. The van der Waals surface area contributed by atoms with Gasteiger partial charge in [-0.1, -0.05) is 19.9 Å². The fourth-order valence-corrected chi connectivity index (χ4v) is 2.78. The van der Waals surface area contributed by atoms with E-state index in [9.17, 15) is 18.0 Å². The molecule has 1 atom stereocenters. The van der Waals surface area contributed by atoms with Gasteiger partial charge in [0.25, 0.3) is 0 Å². The Morgan fingerprint density at radius 2 is 1.93 bits per heavy atom. The van der Waals surface area contributed by atoms with Crippen LogP contribution in [-0.4, -0.2) is 39.6 Å². The summed E-state index contributed by atoms with van der Waals surface area (Å²) < 4.78 is 37.2. The second-order valence-corrected chi connectivity index (χ2v) is 6.88. The molecule has 3 rings (SSSR count). The van der Waals surface area contributed by atoms with Crippen molar-refractivity contribution in [1.29, 1.82) is 0 Å². The molecule has 0 saturated carbocycles. The molecule has 2 heterocycles. The number of anilines is 1. The van der Waals surface area contributed by atoms with Crippen molar-refractivity contribution in [2.75, 3.05) is 11.9 Å². The smallest absolute Gasteiger partial charge is 0.358 e. The lowest BCUT2D eigenvalue weighted by molar-refractivity contribution is -0.139. The zero-order valence-electron chi connectivity index (χ0n) is 15.9. The molecule has 2 N–H and O–H groups in total. The Morgan fingerprint density at radius 3 is 2.66 bits per heavy atom. The number of nitrogens with one attached hydrogen (secondary N) is 2. The maximum atomic E-state index is 12.4. The number of carbonyl (C=O) groups is 1. The lowest BCUT2D eigenvalue weighted by atomic mass is 10.0. The van der Waals surface area contributed by atoms with Crippen molar-refractivity contribution in [3.63, 3.8) is 0 Å². The van der Waals surface area contributed by atoms with Crippen LogP contribution in [0.1, 0.15) is 16.7 Å². The first-order valence-electron chi connectivity index (χ1n) is 9.02. The molecule has 29 heavy (non-hydrogen) atoms. The number of carbonyl (C=O) groups excluding carboxylic acids is 1. The van der Waals surface area contributed by atoms with E-state index in [-0.39, 0.29) is 8.77 Å². The third-order valence-electron chi connectivity index (χ3n) is 4.23. The Labute approximate surface area is 168 Å². The lowest BCUT2D eigenvalue weighted by Gasteiger charge is -2.22. The minimum absolute atomic E-state index is 0. The second-order valence-electron chi connectivity index (χ2n) is 6.88. The SMILES string of the molecule is CC(C)[C@@H](Nc1ccnc(-c2ccc3ncccc3c2)n1)C(=O)NCC(F)(F)F.[HH].[HH]. The number of hydrogen-bond donors (Lipinski definition) is 2. The quantitative estimate of drug-likeness (QED) is 0.637. The Bertz CT molecular complexity index is 1020. The summed E-state index contributed by atoms with van der Waals surface area (Å²) in [6.45, 7) is 2.10. The number of amides is 1. The standard InChI is InChI=1S/C20H20F3N5O.2H2/c1-12(2)17(19(29)26-11-20(21,22)23)27-16-7-9-25-18(28-16)14-5-6-15-13(10-14)4-3-8-24-15;;/h3-10,12,17H,11H2,1-2H3,(H,26,29)(H,25,27,28);2*1H/t17-;;/m1../s1. The maximum Gasteiger partial charge on any atom is 0.405 e. The predicted octanol–water partition coefficient (Wildman–Crippen LogP) is 4.30. The minimum atomic E-state index is -4.47. The van der Waals surface area contributed by atoms with Gasteiger partial charge >= 0.3 is 6.18 Å². The van der Waals surface area contributed by atoms with Gasteiger partial charge in [0.05, 0.1) is 5.52 Å². The second kappa shape index (κ2) is 8.42. The van der Waals surface area contributed by atoms with Crippen LogP contribution < -0.4 is 10.6 Å². The van der Waals surface area contributed by atoms with Gasteiger partial charge in [-0.3, -0.25) is 9.78 Å². The topological polar surface area (TPSA) is 79.8 Å². The third kappa shape index (κ3) is 5.40. The van der Waals surface area contributed by atoms with Gasteiger partial charge in [-0.2, -0.15) is 13.2 Å². The third-order valence-corrected chi connectivity index (χ3v) is 4.23. The molecular weight excluding hydrogens is 383 g/mol. The maximum absolute atomic E-state index is 12.4. The molecule has 3 aromatic rings. The number of benzene rings is 1. The lowest BCUT2D eigenvalue weighted by Crippen LogP contribution is -2.46. The van der Waals surface area contributed by atoms with Crippen LogP contribution in [0, 0.1) is 5.92 Å². The summed E-state index contributed by atoms with van der Waals surface area (Å²) in [4.78, 5) is 25.2. The van der Waals surface area contributed by atoms with E-state index >= 15 is 0 Å². The van der Waals surface area contributed by atoms with E-state index in [1.165, 1.54) is 6.20 Å². The normalized spacial score (nSPS) is 12.8. The Hall–Kier alpha value is -3.23. The highest BCUT2D eigenvalue weighted by molar-refractivity contribution is 5.85. The molecule has 0 aliphatic heterocycles. The number of pyridine rings is 1. The van der Waals surface area contributed by atoms with Crippen molar-refractivity contribution in [3.05, 3.63) is 48.8 Å². The molecule has 0 fully saturated rings. The number of hydrogen-bond acceptors (Lipinski definition) is 5. The van der Waals surface area contributed by atoms with Crippen LogP contribution in [-0.2, 0) is 4.79 Å². The number of alkyl halides is 3. The van der Waals surface area contributed by atoms with Crippen molar-refractivity contribution >= 4 is 22.6 Å². The number of rotatable bonds is 6. The van der Waals surface area contributed by atoms with Crippen LogP contribution in [0.5, 0.6) is 0 Å². The number of aromatic nitrogens is 3. The number of fused-ring (bicyclic) bond motifs is 1. The van der Waals surface area contributed by atoms with E-state index in [1.807, 2.05) is 35.6 Å². The van der Waals surface area contributed by atoms with Crippen molar-refractivity contribution in [3.8, 4) is 11.4 Å². The van der Waals surface area contributed by atoms with Crippen LogP contribution in [0.4, 0.5) is 19.0 Å². The highest BCUT2D eigenvalue weighted by atomic mass is 19.4. The summed E-state index contributed by atoms with van der Waals surface area (Å²) >= 11 is 0. The van der Waals surface area contributed by atoms with Crippen molar-refractivity contribution < 1.29 is 20.8 Å². The van der Waals surface area contributed by atoms with Crippen LogP contribution >= 0.6 is 0 Å². The van der Waals surface area contributed by atoms with Gasteiger partial charge in [0, 0.05) is 26.2 Å². The summed E-state index contributed by atoms with van der Waals surface area (Å²) in [7, 11) is 0. The van der Waals surface area contributed by atoms with Gasteiger partial charge in [-0.05, 0) is 36.2 Å².